The van der Waals surface area contributed by atoms with Gasteiger partial charge in [-0.2, -0.15) is 0 Å². The van der Waals surface area contributed by atoms with Crippen LogP contribution < -0.4 is 10.2 Å². The summed E-state index contributed by atoms with van der Waals surface area (Å²) in [7, 11) is 1.21. The van der Waals surface area contributed by atoms with E-state index in [1.165, 1.54) is 283 Å². The first kappa shape index (κ1) is 83.2. The first-order valence-corrected chi connectivity index (χ1v) is 38.8. The SMILES string of the molecule is CCCCC/C=C\C/C=C\CCCCCCCCCCCCCCCC(=O)OC(/C=C/CCCCCCCCCCCCC)C(COP(=O)([O-])OCC[N+](C)(C)C)NC(=O)CCCCCCCCCCCCCCCCCCCCCCCCC. The van der Waals surface area contributed by atoms with Gasteiger partial charge in [-0.3, -0.25) is 14.2 Å². The number of carbonyl (C=O) groups excluding carboxylic acids is 2. The molecule has 0 aliphatic carbocycles. The van der Waals surface area contributed by atoms with Gasteiger partial charge in [0.25, 0.3) is 7.82 Å². The summed E-state index contributed by atoms with van der Waals surface area (Å²) in [6.45, 7) is 6.89. The van der Waals surface area contributed by atoms with Gasteiger partial charge in [0.15, 0.2) is 0 Å². The third kappa shape index (κ3) is 66.5. The summed E-state index contributed by atoms with van der Waals surface area (Å²) in [5, 5.41) is 3.06. The maximum atomic E-state index is 13.6. The van der Waals surface area contributed by atoms with Gasteiger partial charge in [-0.15, -0.1) is 0 Å². The van der Waals surface area contributed by atoms with Gasteiger partial charge in [0, 0.05) is 12.8 Å². The van der Waals surface area contributed by atoms with Crippen molar-refractivity contribution in [2.75, 3.05) is 40.9 Å². The maximum absolute atomic E-state index is 13.6. The molecule has 0 saturated heterocycles. The predicted molar refractivity (Wildman–Crippen MR) is 367 cm³/mol. The highest BCUT2D eigenvalue weighted by atomic mass is 31.2. The van der Waals surface area contributed by atoms with Crippen molar-refractivity contribution in [1.82, 2.24) is 5.32 Å². The summed E-state index contributed by atoms with van der Waals surface area (Å²) in [5.41, 5.74) is 0. The second kappa shape index (κ2) is 65.2. The summed E-state index contributed by atoms with van der Waals surface area (Å²) < 4.78 is 30.5. The van der Waals surface area contributed by atoms with Gasteiger partial charge in [-0.25, -0.2) is 0 Å². The van der Waals surface area contributed by atoms with Crippen LogP contribution in [-0.2, 0) is 27.9 Å². The van der Waals surface area contributed by atoms with E-state index in [1.54, 1.807) is 0 Å². The van der Waals surface area contributed by atoms with Crippen LogP contribution in [0.2, 0.25) is 0 Å². The largest absolute Gasteiger partial charge is 0.756 e. The smallest absolute Gasteiger partial charge is 0.306 e. The van der Waals surface area contributed by atoms with E-state index in [4.69, 9.17) is 13.8 Å². The van der Waals surface area contributed by atoms with E-state index in [2.05, 4.69) is 50.4 Å². The molecule has 1 N–H and O–H groups in total. The Hall–Kier alpha value is -1.77. The number of unbranched alkanes of at least 4 members (excludes halogenated alkanes) is 49. The van der Waals surface area contributed by atoms with Gasteiger partial charge in [0.05, 0.1) is 33.8 Å². The van der Waals surface area contributed by atoms with Crippen LogP contribution in [0.1, 0.15) is 380 Å². The van der Waals surface area contributed by atoms with Gasteiger partial charge in [-0.05, 0) is 63.9 Å². The maximum Gasteiger partial charge on any atom is 0.306 e. The highest BCUT2D eigenvalue weighted by molar-refractivity contribution is 7.45. The number of amides is 1. The number of allylic oxidation sites excluding steroid dienone is 5. The third-order valence-electron chi connectivity index (χ3n) is 17.1. The Kier molecular flexibility index (Phi) is 63.8. The standard InChI is InChI=1S/C75H145N2O7P/c1-7-10-13-16-19-22-25-28-30-32-34-36-38-40-42-44-46-49-52-55-58-61-64-67-74(78)76-72(71-83-85(80,81)82-70-69-77(4,5)6)73(66-63-60-57-54-51-48-27-24-21-18-15-12-9-3)84-75(79)68-65-62-59-56-53-50-47-45-43-41-39-37-35-33-31-29-26-23-20-17-14-11-8-2/h20,23,29,31,63,66,72-73H,7-19,21-22,24-28,30,32-62,64-65,67-71H2,1-6H3,(H-,76,78,80,81)/b23-20-,31-29-,66-63+. The zero-order valence-corrected chi connectivity index (χ0v) is 58.5. The summed E-state index contributed by atoms with van der Waals surface area (Å²) in [6.07, 6.45) is 81.3. The minimum Gasteiger partial charge on any atom is -0.756 e. The van der Waals surface area contributed by atoms with Crippen molar-refractivity contribution in [3.8, 4) is 0 Å². The molecule has 0 fully saturated rings. The van der Waals surface area contributed by atoms with Crippen LogP contribution in [0.5, 0.6) is 0 Å². The highest BCUT2D eigenvalue weighted by Gasteiger charge is 2.27. The van der Waals surface area contributed by atoms with Crippen molar-refractivity contribution in [2.45, 2.75) is 392 Å². The number of nitrogens with zero attached hydrogens (tertiary/aromatic N) is 1. The second-order valence-electron chi connectivity index (χ2n) is 26.8. The van der Waals surface area contributed by atoms with Crippen molar-refractivity contribution in [3.05, 3.63) is 36.5 Å². The molecule has 3 atom stereocenters. The molecule has 0 saturated carbocycles. The molecule has 0 spiro atoms. The minimum absolute atomic E-state index is 0.0190. The van der Waals surface area contributed by atoms with Gasteiger partial charge >= 0.3 is 5.97 Å². The molecule has 3 unspecified atom stereocenters. The number of nitrogens with one attached hydrogen (secondary N) is 1. The number of hydrogen-bond donors (Lipinski definition) is 1. The molecular formula is C75H145N2O7P. The molecule has 502 valence electrons. The van der Waals surface area contributed by atoms with E-state index in [9.17, 15) is 19.0 Å². The topological polar surface area (TPSA) is 114 Å². The summed E-state index contributed by atoms with van der Waals surface area (Å²) >= 11 is 0. The molecule has 0 radical (unpaired) electrons. The average Bonchev–Trinajstić information content (AvgIpc) is 3.52. The summed E-state index contributed by atoms with van der Waals surface area (Å²) in [4.78, 5) is 40.3. The lowest BCUT2D eigenvalue weighted by Crippen LogP contribution is -2.47. The van der Waals surface area contributed by atoms with Gasteiger partial charge in [-0.1, -0.05) is 340 Å². The van der Waals surface area contributed by atoms with Gasteiger partial charge in [0.2, 0.25) is 5.91 Å². The molecule has 0 aromatic heterocycles. The Morgan fingerprint density at radius 1 is 0.412 bits per heavy atom. The first-order valence-electron chi connectivity index (χ1n) is 37.3. The summed E-state index contributed by atoms with van der Waals surface area (Å²) in [6, 6.07) is -0.885. The highest BCUT2D eigenvalue weighted by Crippen LogP contribution is 2.38. The molecule has 0 aromatic carbocycles. The number of phosphoric acid groups is 1. The van der Waals surface area contributed by atoms with Crippen molar-refractivity contribution in [1.29, 1.82) is 0 Å². The minimum atomic E-state index is -4.70. The van der Waals surface area contributed by atoms with E-state index in [1.807, 2.05) is 33.3 Å². The molecule has 0 heterocycles. The molecule has 10 heteroatoms. The van der Waals surface area contributed by atoms with Crippen molar-refractivity contribution >= 4 is 19.7 Å². The Bertz CT molecular complexity index is 1550. The van der Waals surface area contributed by atoms with Crippen LogP contribution in [0.25, 0.3) is 0 Å². The fourth-order valence-electron chi connectivity index (χ4n) is 11.3. The molecule has 0 rings (SSSR count). The molecule has 9 nitrogen and oxygen atoms in total. The number of esters is 1. The van der Waals surface area contributed by atoms with E-state index < -0.39 is 20.0 Å². The van der Waals surface area contributed by atoms with Crippen LogP contribution in [0.15, 0.2) is 36.5 Å². The number of ether oxygens (including phenoxy) is 1. The monoisotopic (exact) mass is 1220 g/mol. The van der Waals surface area contributed by atoms with E-state index in [0.29, 0.717) is 17.4 Å². The average molecular weight is 1220 g/mol. The van der Waals surface area contributed by atoms with E-state index in [0.717, 1.165) is 64.2 Å². The number of rotatable bonds is 69. The molecule has 85 heavy (non-hydrogen) atoms. The van der Waals surface area contributed by atoms with Crippen molar-refractivity contribution in [3.63, 3.8) is 0 Å². The lowest BCUT2D eigenvalue weighted by Gasteiger charge is -2.30. The van der Waals surface area contributed by atoms with E-state index >= 15 is 0 Å². The second-order valence-corrected chi connectivity index (χ2v) is 28.2. The number of hydrogen-bond acceptors (Lipinski definition) is 7. The Balaban J connectivity index is 5.03. The fraction of sp³-hybridized carbons (Fsp3) is 0.893. The zero-order chi connectivity index (χ0) is 62.1. The lowest BCUT2D eigenvalue weighted by molar-refractivity contribution is -0.870. The first-order chi connectivity index (χ1) is 41.4. The molecule has 0 aliphatic rings. The molecule has 1 amide bonds. The lowest BCUT2D eigenvalue weighted by atomic mass is 10.0. The molecular weight excluding hydrogens is 1070 g/mol. The van der Waals surface area contributed by atoms with Crippen LogP contribution in [0.3, 0.4) is 0 Å². The van der Waals surface area contributed by atoms with Gasteiger partial charge in [0.1, 0.15) is 19.3 Å². The van der Waals surface area contributed by atoms with Crippen LogP contribution >= 0.6 is 7.82 Å². The molecule has 0 bridgehead atoms. The normalized spacial score (nSPS) is 13.6. The van der Waals surface area contributed by atoms with Crippen LogP contribution in [0, 0.1) is 0 Å². The Morgan fingerprint density at radius 3 is 1.08 bits per heavy atom. The number of likely N-dealkylation sites (N-methyl/N-ethyl adjacent to an activating group) is 1. The quantitative estimate of drug-likeness (QED) is 0.0212. The van der Waals surface area contributed by atoms with Crippen molar-refractivity contribution in [2.24, 2.45) is 0 Å². The number of carbonyl (C=O) groups is 2. The summed E-state index contributed by atoms with van der Waals surface area (Å²) in [5.74, 6) is -0.519. The number of phosphoric ester groups is 1. The molecule has 0 aromatic rings. The predicted octanol–water partition coefficient (Wildman–Crippen LogP) is 23.2. The number of quaternary nitrogens is 1. The van der Waals surface area contributed by atoms with Gasteiger partial charge < -0.3 is 28.5 Å². The third-order valence-corrected chi connectivity index (χ3v) is 18.0. The van der Waals surface area contributed by atoms with Crippen LogP contribution in [0.4, 0.5) is 0 Å². The zero-order valence-electron chi connectivity index (χ0n) is 57.6. The van der Waals surface area contributed by atoms with E-state index in [-0.39, 0.29) is 31.5 Å². The fourth-order valence-corrected chi connectivity index (χ4v) is 12.0. The van der Waals surface area contributed by atoms with Crippen LogP contribution in [-0.4, -0.2) is 69.4 Å². The Labute approximate surface area is 529 Å². The van der Waals surface area contributed by atoms with Crippen molar-refractivity contribution < 1.29 is 37.3 Å². The Morgan fingerprint density at radius 2 is 0.718 bits per heavy atom. The molecule has 0 aliphatic heterocycles.